The van der Waals surface area contributed by atoms with Crippen molar-refractivity contribution in [3.8, 4) is 0 Å². The van der Waals surface area contributed by atoms with Gasteiger partial charge in [0.1, 0.15) is 0 Å². The first kappa shape index (κ1) is 11.6. The molecular formula is C10H17P3. The van der Waals surface area contributed by atoms with Crippen LogP contribution in [0.1, 0.15) is 5.56 Å². The second-order valence-corrected chi connectivity index (χ2v) is 6.10. The van der Waals surface area contributed by atoms with E-state index in [4.69, 9.17) is 0 Å². The normalized spacial score (nSPS) is 13.2. The minimum absolute atomic E-state index is 0.934. The predicted octanol–water partition coefficient (Wildman–Crippen LogP) is 1.80. The molecule has 0 aliphatic carbocycles. The molecular weight excluding hydrogens is 213 g/mol. The summed E-state index contributed by atoms with van der Waals surface area (Å²) in [4.78, 5) is 0. The minimum atomic E-state index is 0.934. The molecule has 0 radical (unpaired) electrons. The highest BCUT2D eigenvalue weighted by molar-refractivity contribution is 7.50. The van der Waals surface area contributed by atoms with Crippen molar-refractivity contribution in [2.45, 2.75) is 6.92 Å². The van der Waals surface area contributed by atoms with Crippen molar-refractivity contribution < 1.29 is 0 Å². The van der Waals surface area contributed by atoms with E-state index < -0.39 is 0 Å². The molecule has 1 aromatic rings. The molecule has 3 atom stereocenters. The molecule has 0 saturated carbocycles. The van der Waals surface area contributed by atoms with Crippen molar-refractivity contribution in [2.24, 2.45) is 0 Å². The summed E-state index contributed by atoms with van der Waals surface area (Å²) in [6.07, 6.45) is 0. The summed E-state index contributed by atoms with van der Waals surface area (Å²) in [7, 11) is 2.81. The van der Waals surface area contributed by atoms with Gasteiger partial charge in [-0.15, -0.1) is 0 Å². The third kappa shape index (κ3) is 2.73. The smallest absolute Gasteiger partial charge is 0.0233 e. The van der Waals surface area contributed by atoms with Gasteiger partial charge in [0.05, 0.1) is 0 Å². The fourth-order valence-electron chi connectivity index (χ4n) is 1.38. The topological polar surface area (TPSA) is 0 Å². The van der Waals surface area contributed by atoms with Crippen LogP contribution < -0.4 is 15.9 Å². The monoisotopic (exact) mass is 230 g/mol. The number of hydrogen-bond donors (Lipinski definition) is 0. The van der Waals surface area contributed by atoms with Crippen molar-refractivity contribution >= 4 is 41.7 Å². The molecule has 3 heteroatoms. The van der Waals surface area contributed by atoms with Gasteiger partial charge in [-0.1, -0.05) is 25.7 Å². The molecule has 1 rings (SSSR count). The van der Waals surface area contributed by atoms with Gasteiger partial charge >= 0.3 is 0 Å². The Morgan fingerprint density at radius 2 is 1.31 bits per heavy atom. The van der Waals surface area contributed by atoms with Crippen LogP contribution >= 0.6 is 25.7 Å². The van der Waals surface area contributed by atoms with Gasteiger partial charge in [-0.25, -0.2) is 0 Å². The maximum Gasteiger partial charge on any atom is -0.0233 e. The number of hydrogen-bond acceptors (Lipinski definition) is 0. The van der Waals surface area contributed by atoms with Gasteiger partial charge in [0.25, 0.3) is 0 Å². The van der Waals surface area contributed by atoms with Crippen LogP contribution in [-0.4, -0.2) is 20.0 Å². The highest BCUT2D eigenvalue weighted by Gasteiger charge is 2.03. The molecule has 0 aliphatic rings. The molecule has 0 nitrogen and oxygen atoms in total. The number of rotatable bonds is 3. The fourth-order valence-corrected chi connectivity index (χ4v) is 3.99. The Hall–Kier alpha value is 0.510. The van der Waals surface area contributed by atoms with Gasteiger partial charge in [0.15, 0.2) is 0 Å². The quantitative estimate of drug-likeness (QED) is 0.694. The Morgan fingerprint density at radius 3 is 1.62 bits per heavy atom. The fraction of sp³-hybridized carbons (Fsp3) is 0.400. The van der Waals surface area contributed by atoms with Gasteiger partial charge in [0, 0.05) is 0 Å². The van der Waals surface area contributed by atoms with E-state index in [-0.39, 0.29) is 0 Å². The van der Waals surface area contributed by atoms with E-state index in [2.05, 4.69) is 39.1 Å². The van der Waals surface area contributed by atoms with Crippen LogP contribution in [-0.2, 0) is 0 Å². The van der Waals surface area contributed by atoms with Gasteiger partial charge in [0.2, 0.25) is 0 Å². The number of benzene rings is 1. The molecule has 0 amide bonds. The van der Waals surface area contributed by atoms with Gasteiger partial charge < -0.3 is 0 Å². The van der Waals surface area contributed by atoms with Crippen LogP contribution in [0, 0.1) is 6.92 Å². The van der Waals surface area contributed by atoms with Crippen LogP contribution in [0.3, 0.4) is 0 Å². The van der Waals surface area contributed by atoms with E-state index in [1.54, 1.807) is 10.6 Å². The Morgan fingerprint density at radius 1 is 0.846 bits per heavy atom. The van der Waals surface area contributed by atoms with Crippen molar-refractivity contribution in [3.05, 3.63) is 17.7 Å². The highest BCUT2D eigenvalue weighted by Crippen LogP contribution is 2.14. The lowest BCUT2D eigenvalue weighted by molar-refractivity contribution is 1.58. The summed E-state index contributed by atoms with van der Waals surface area (Å²) in [5.74, 6) is 0. The standard InChI is InChI=1S/C10H17P3/c1-7-9(12-3)5-8(11-2)6-10(7)13-4/h5-6,11-13H,1-4H3. The van der Waals surface area contributed by atoms with E-state index in [1.807, 2.05) is 0 Å². The van der Waals surface area contributed by atoms with Gasteiger partial charge in [-0.2, -0.15) is 0 Å². The second kappa shape index (κ2) is 5.41. The van der Waals surface area contributed by atoms with Crippen LogP contribution in [0.2, 0.25) is 0 Å². The molecule has 0 aliphatic heterocycles. The van der Waals surface area contributed by atoms with Crippen LogP contribution in [0.5, 0.6) is 0 Å². The summed E-state index contributed by atoms with van der Waals surface area (Å²) < 4.78 is 0. The minimum Gasteiger partial charge on any atom is -0.0935 e. The molecule has 0 bridgehead atoms. The van der Waals surface area contributed by atoms with Crippen molar-refractivity contribution in [1.29, 1.82) is 0 Å². The van der Waals surface area contributed by atoms with Crippen LogP contribution in [0.15, 0.2) is 12.1 Å². The molecule has 3 unspecified atom stereocenters. The third-order valence-corrected chi connectivity index (χ3v) is 5.22. The van der Waals surface area contributed by atoms with E-state index in [0.717, 1.165) is 25.7 Å². The second-order valence-electron chi connectivity index (χ2n) is 2.95. The van der Waals surface area contributed by atoms with E-state index in [0.29, 0.717) is 0 Å². The Balaban J connectivity index is 3.20. The summed E-state index contributed by atoms with van der Waals surface area (Å²) in [5.41, 5.74) is 1.53. The molecule has 72 valence electrons. The van der Waals surface area contributed by atoms with Crippen LogP contribution in [0.4, 0.5) is 0 Å². The summed E-state index contributed by atoms with van der Waals surface area (Å²) >= 11 is 0. The lowest BCUT2D eigenvalue weighted by Gasteiger charge is -2.11. The van der Waals surface area contributed by atoms with E-state index in [9.17, 15) is 0 Å². The molecule has 0 heterocycles. The zero-order valence-electron chi connectivity index (χ0n) is 8.65. The van der Waals surface area contributed by atoms with Crippen molar-refractivity contribution in [3.63, 3.8) is 0 Å². The van der Waals surface area contributed by atoms with Crippen LogP contribution in [0.25, 0.3) is 0 Å². The first-order valence-corrected chi connectivity index (χ1v) is 8.90. The Labute approximate surface area is 86.6 Å². The van der Waals surface area contributed by atoms with Gasteiger partial charge in [-0.05, 0) is 60.5 Å². The first-order valence-electron chi connectivity index (χ1n) is 4.40. The largest absolute Gasteiger partial charge is 0.0935 e. The van der Waals surface area contributed by atoms with Gasteiger partial charge in [-0.3, -0.25) is 0 Å². The van der Waals surface area contributed by atoms with Crippen molar-refractivity contribution in [1.82, 2.24) is 0 Å². The summed E-state index contributed by atoms with van der Waals surface area (Å²) in [6.45, 7) is 9.07. The molecule has 1 aromatic carbocycles. The van der Waals surface area contributed by atoms with Crippen molar-refractivity contribution in [2.75, 3.05) is 20.0 Å². The zero-order valence-corrected chi connectivity index (χ0v) is 11.7. The average Bonchev–Trinajstić information content (AvgIpc) is 2.18. The maximum atomic E-state index is 2.38. The third-order valence-electron chi connectivity index (χ3n) is 2.24. The highest BCUT2D eigenvalue weighted by atomic mass is 31.1. The average molecular weight is 230 g/mol. The SMILES string of the molecule is CPc1cc(PC)c(C)c(PC)c1. The zero-order chi connectivity index (χ0) is 9.84. The molecule has 0 fully saturated rings. The maximum absolute atomic E-state index is 2.38. The first-order chi connectivity index (χ1) is 6.22. The predicted molar refractivity (Wildman–Crippen MR) is 72.8 cm³/mol. The lowest BCUT2D eigenvalue weighted by Crippen LogP contribution is -2.18. The molecule has 0 aromatic heterocycles. The molecule has 13 heavy (non-hydrogen) atoms. The summed E-state index contributed by atoms with van der Waals surface area (Å²) in [6, 6.07) is 4.77. The Kier molecular flexibility index (Phi) is 4.82. The Bertz CT molecular complexity index is 269. The lowest BCUT2D eigenvalue weighted by atomic mass is 10.2. The molecule has 0 spiro atoms. The van der Waals surface area contributed by atoms with E-state index in [1.165, 1.54) is 10.9 Å². The van der Waals surface area contributed by atoms with E-state index >= 15 is 0 Å². The molecule has 0 N–H and O–H groups in total. The summed E-state index contributed by atoms with van der Waals surface area (Å²) in [5, 5.41) is 4.66. The molecule has 0 saturated heterocycles.